The Morgan fingerprint density at radius 3 is 1.40 bits per heavy atom. The molecule has 0 radical (unpaired) electrons. The standard InChI is InChI=1S/C62H39NS2/c1-4-16-40(17-5-1)48-33-32-46(39-54(48)42-20-8-3-9-21-42)63(45-31-30-44-29-28-43-22-10-11-23-47(43)55(44)38-45)56-37-36-51(60-53-25-13-15-27-58(53)65-62(56)60)50-35-34-49(41-18-6-2-7-19-41)61-59(50)52-24-12-14-26-57(52)64-61/h1-39H. The Morgan fingerprint density at radius 2 is 0.723 bits per heavy atom. The molecule has 2 heterocycles. The zero-order valence-electron chi connectivity index (χ0n) is 35.3. The van der Waals surface area contributed by atoms with E-state index in [1.54, 1.807) is 0 Å². The van der Waals surface area contributed by atoms with E-state index in [4.69, 9.17) is 0 Å². The minimum Gasteiger partial charge on any atom is -0.309 e. The third-order valence-electron chi connectivity index (χ3n) is 13.1. The van der Waals surface area contributed by atoms with E-state index in [1.165, 1.54) is 106 Å². The van der Waals surface area contributed by atoms with Crippen LogP contribution in [0, 0.1) is 0 Å². The Balaban J connectivity index is 1.11. The van der Waals surface area contributed by atoms with Crippen LogP contribution in [0.1, 0.15) is 0 Å². The van der Waals surface area contributed by atoms with Crippen LogP contribution in [0.2, 0.25) is 0 Å². The van der Waals surface area contributed by atoms with Crippen molar-refractivity contribution in [3.05, 3.63) is 237 Å². The van der Waals surface area contributed by atoms with E-state index >= 15 is 0 Å². The average molecular weight is 862 g/mol. The summed E-state index contributed by atoms with van der Waals surface area (Å²) in [5, 5.41) is 10.1. The van der Waals surface area contributed by atoms with Gasteiger partial charge in [-0.25, -0.2) is 0 Å². The van der Waals surface area contributed by atoms with Gasteiger partial charge in [-0.3, -0.25) is 0 Å². The first-order chi connectivity index (χ1) is 32.2. The molecule has 0 aliphatic rings. The number of benzene rings is 11. The number of thiophene rings is 2. The van der Waals surface area contributed by atoms with Crippen molar-refractivity contribution < 1.29 is 0 Å². The first-order valence-corrected chi connectivity index (χ1v) is 23.8. The second kappa shape index (κ2) is 15.5. The molecule has 0 fully saturated rings. The normalized spacial score (nSPS) is 11.7. The summed E-state index contributed by atoms with van der Waals surface area (Å²) in [6.07, 6.45) is 0. The van der Waals surface area contributed by atoms with Gasteiger partial charge in [-0.15, -0.1) is 22.7 Å². The van der Waals surface area contributed by atoms with Gasteiger partial charge in [-0.2, -0.15) is 0 Å². The van der Waals surface area contributed by atoms with E-state index in [0.29, 0.717) is 0 Å². The molecule has 0 atom stereocenters. The maximum Gasteiger partial charge on any atom is 0.0640 e. The Bertz CT molecular complexity index is 3940. The van der Waals surface area contributed by atoms with Crippen molar-refractivity contribution in [1.29, 1.82) is 0 Å². The summed E-state index contributed by atoms with van der Waals surface area (Å²) >= 11 is 3.79. The average Bonchev–Trinajstić information content (AvgIpc) is 3.97. The SMILES string of the molecule is c1ccc(-c2ccc(N(c3ccc4ccc5ccccc5c4c3)c3ccc(-c4ccc(-c5ccccc5)c5sc6ccccc6c45)c4c3sc3ccccc34)cc2-c2ccccc2)cc1. The largest absolute Gasteiger partial charge is 0.309 e. The van der Waals surface area contributed by atoms with Crippen LogP contribution in [0.5, 0.6) is 0 Å². The Labute approximate surface area is 385 Å². The van der Waals surface area contributed by atoms with Gasteiger partial charge in [0.1, 0.15) is 0 Å². The summed E-state index contributed by atoms with van der Waals surface area (Å²) in [5.41, 5.74) is 13.2. The summed E-state index contributed by atoms with van der Waals surface area (Å²) in [4.78, 5) is 2.51. The lowest BCUT2D eigenvalue weighted by atomic mass is 9.91. The van der Waals surface area contributed by atoms with Crippen molar-refractivity contribution >= 4 is 102 Å². The van der Waals surface area contributed by atoms with Crippen molar-refractivity contribution in [1.82, 2.24) is 0 Å². The van der Waals surface area contributed by atoms with Gasteiger partial charge < -0.3 is 4.90 Å². The molecule has 13 rings (SSSR count). The quantitative estimate of drug-likeness (QED) is 0.144. The van der Waals surface area contributed by atoms with Crippen LogP contribution < -0.4 is 4.90 Å². The van der Waals surface area contributed by atoms with Crippen molar-refractivity contribution in [2.75, 3.05) is 4.90 Å². The third kappa shape index (κ3) is 6.27. The van der Waals surface area contributed by atoms with Crippen LogP contribution in [0.25, 0.3) is 106 Å². The molecule has 0 aliphatic heterocycles. The molecule has 0 saturated carbocycles. The number of hydrogen-bond donors (Lipinski definition) is 0. The second-order valence-electron chi connectivity index (χ2n) is 16.8. The van der Waals surface area contributed by atoms with Crippen molar-refractivity contribution in [2.24, 2.45) is 0 Å². The van der Waals surface area contributed by atoms with Crippen LogP contribution >= 0.6 is 22.7 Å². The summed E-state index contributed by atoms with van der Waals surface area (Å²) in [6.45, 7) is 0. The Hall–Kier alpha value is -7.82. The first kappa shape index (κ1) is 37.7. The van der Waals surface area contributed by atoms with Gasteiger partial charge in [0, 0.05) is 47.0 Å². The molecule has 13 aromatic rings. The maximum absolute atomic E-state index is 2.51. The minimum absolute atomic E-state index is 1.10. The molecule has 0 saturated heterocycles. The molecular formula is C62H39NS2. The molecule has 1 nitrogen and oxygen atoms in total. The third-order valence-corrected chi connectivity index (χ3v) is 15.5. The highest BCUT2D eigenvalue weighted by Gasteiger charge is 2.24. The monoisotopic (exact) mass is 861 g/mol. The number of anilines is 3. The predicted molar refractivity (Wildman–Crippen MR) is 284 cm³/mol. The van der Waals surface area contributed by atoms with Crippen LogP contribution in [0.4, 0.5) is 17.1 Å². The Kier molecular flexibility index (Phi) is 8.97. The van der Waals surface area contributed by atoms with Gasteiger partial charge in [0.25, 0.3) is 0 Å². The molecule has 2 aromatic heterocycles. The molecule has 65 heavy (non-hydrogen) atoms. The van der Waals surface area contributed by atoms with E-state index in [9.17, 15) is 0 Å². The van der Waals surface area contributed by atoms with E-state index in [1.807, 2.05) is 22.7 Å². The highest BCUT2D eigenvalue weighted by atomic mass is 32.1. The van der Waals surface area contributed by atoms with Crippen molar-refractivity contribution in [3.63, 3.8) is 0 Å². The fourth-order valence-corrected chi connectivity index (χ4v) is 12.6. The van der Waals surface area contributed by atoms with E-state index in [2.05, 4.69) is 241 Å². The van der Waals surface area contributed by atoms with Gasteiger partial charge in [0.05, 0.1) is 10.4 Å². The van der Waals surface area contributed by atoms with E-state index in [-0.39, 0.29) is 0 Å². The molecular weight excluding hydrogens is 823 g/mol. The molecule has 0 amide bonds. The summed E-state index contributed by atoms with van der Waals surface area (Å²) in [7, 11) is 0. The molecule has 0 bridgehead atoms. The van der Waals surface area contributed by atoms with Crippen LogP contribution in [-0.4, -0.2) is 0 Å². The Morgan fingerprint density at radius 1 is 0.277 bits per heavy atom. The van der Waals surface area contributed by atoms with Gasteiger partial charge >= 0.3 is 0 Å². The van der Waals surface area contributed by atoms with Gasteiger partial charge in [0.2, 0.25) is 0 Å². The number of fused-ring (bicyclic) bond motifs is 9. The highest BCUT2D eigenvalue weighted by Crippen LogP contribution is 2.52. The zero-order valence-corrected chi connectivity index (χ0v) is 36.9. The lowest BCUT2D eigenvalue weighted by Crippen LogP contribution is -2.10. The maximum atomic E-state index is 2.51. The van der Waals surface area contributed by atoms with Crippen LogP contribution in [-0.2, 0) is 0 Å². The van der Waals surface area contributed by atoms with E-state index in [0.717, 1.165) is 17.1 Å². The summed E-state index contributed by atoms with van der Waals surface area (Å²) < 4.78 is 5.16. The van der Waals surface area contributed by atoms with Crippen LogP contribution in [0.3, 0.4) is 0 Å². The van der Waals surface area contributed by atoms with Gasteiger partial charge in [-0.05, 0) is 109 Å². The van der Waals surface area contributed by atoms with Crippen molar-refractivity contribution in [3.8, 4) is 44.5 Å². The summed E-state index contributed by atoms with van der Waals surface area (Å²) in [5.74, 6) is 0. The fraction of sp³-hybridized carbons (Fsp3) is 0. The predicted octanol–water partition coefficient (Wildman–Crippen LogP) is 18.9. The first-order valence-electron chi connectivity index (χ1n) is 22.2. The van der Waals surface area contributed by atoms with Crippen LogP contribution in [0.15, 0.2) is 237 Å². The summed E-state index contributed by atoms with van der Waals surface area (Å²) in [6, 6.07) is 87.2. The molecule has 0 unspecified atom stereocenters. The molecule has 11 aromatic carbocycles. The number of hydrogen-bond acceptors (Lipinski definition) is 3. The number of rotatable bonds is 7. The molecule has 0 spiro atoms. The molecule has 3 heteroatoms. The highest BCUT2D eigenvalue weighted by molar-refractivity contribution is 7.27. The van der Waals surface area contributed by atoms with E-state index < -0.39 is 0 Å². The van der Waals surface area contributed by atoms with Gasteiger partial charge in [-0.1, -0.05) is 194 Å². The topological polar surface area (TPSA) is 3.24 Å². The lowest BCUT2D eigenvalue weighted by molar-refractivity contribution is 1.31. The molecule has 304 valence electrons. The smallest absolute Gasteiger partial charge is 0.0640 e. The fourth-order valence-electron chi connectivity index (χ4n) is 10.1. The zero-order chi connectivity index (χ0) is 42.8. The van der Waals surface area contributed by atoms with Crippen molar-refractivity contribution in [2.45, 2.75) is 0 Å². The minimum atomic E-state index is 1.10. The van der Waals surface area contributed by atoms with Gasteiger partial charge in [0.15, 0.2) is 0 Å². The molecule has 0 N–H and O–H groups in total. The second-order valence-corrected chi connectivity index (χ2v) is 18.9. The lowest BCUT2D eigenvalue weighted by Gasteiger charge is -2.28. The number of nitrogens with zero attached hydrogens (tertiary/aromatic N) is 1. The molecule has 0 aliphatic carbocycles.